The third kappa shape index (κ3) is 4.37. The summed E-state index contributed by atoms with van der Waals surface area (Å²) < 4.78 is 0. The molecule has 0 spiro atoms. The first-order valence-electron chi connectivity index (χ1n) is 8.76. The van der Waals surface area contributed by atoms with Crippen LogP contribution in [0.3, 0.4) is 0 Å². The number of hydrogen-bond acceptors (Lipinski definition) is 4. The molecule has 23 heavy (non-hydrogen) atoms. The van der Waals surface area contributed by atoms with Gasteiger partial charge in [-0.2, -0.15) is 0 Å². The number of thiazole rings is 1. The van der Waals surface area contributed by atoms with Gasteiger partial charge in [-0.25, -0.2) is 4.98 Å². The minimum absolute atomic E-state index is 0.622. The third-order valence-corrected chi connectivity index (χ3v) is 6.06. The molecule has 2 saturated carbocycles. The van der Waals surface area contributed by atoms with Gasteiger partial charge in [-0.3, -0.25) is 4.99 Å². The van der Waals surface area contributed by atoms with Gasteiger partial charge < -0.3 is 15.5 Å². The maximum absolute atomic E-state index is 4.60. The second-order valence-electron chi connectivity index (χ2n) is 6.99. The van der Waals surface area contributed by atoms with E-state index in [1.807, 2.05) is 26.0 Å². The number of nitrogens with one attached hydrogen (secondary N) is 2. The van der Waals surface area contributed by atoms with Crippen LogP contribution in [0.15, 0.2) is 10.4 Å². The highest BCUT2D eigenvalue weighted by atomic mass is 32.1. The monoisotopic (exact) mass is 335 g/mol. The molecule has 2 N–H and O–H groups in total. The molecule has 0 aliphatic heterocycles. The summed E-state index contributed by atoms with van der Waals surface area (Å²) >= 11 is 1.68. The molecule has 5 nitrogen and oxygen atoms in total. The van der Waals surface area contributed by atoms with Crippen LogP contribution in [0.25, 0.3) is 0 Å². The fourth-order valence-corrected chi connectivity index (χ4v) is 4.35. The van der Waals surface area contributed by atoms with Crippen LogP contribution in [0.2, 0.25) is 0 Å². The van der Waals surface area contributed by atoms with Crippen molar-refractivity contribution in [1.29, 1.82) is 0 Å². The van der Waals surface area contributed by atoms with E-state index in [9.17, 15) is 0 Å². The summed E-state index contributed by atoms with van der Waals surface area (Å²) in [6, 6.07) is 0.622. The van der Waals surface area contributed by atoms with Crippen molar-refractivity contribution in [2.24, 2.45) is 16.8 Å². The number of aliphatic imine (C=N–C) groups is 1. The molecule has 128 valence electrons. The first-order chi connectivity index (χ1) is 11.2. The molecule has 2 aliphatic rings. The van der Waals surface area contributed by atoms with Crippen LogP contribution in [-0.4, -0.2) is 38.1 Å². The Morgan fingerprint density at radius 3 is 2.78 bits per heavy atom. The predicted octanol–water partition coefficient (Wildman–Crippen LogP) is 2.84. The van der Waals surface area contributed by atoms with Gasteiger partial charge in [0.2, 0.25) is 0 Å². The van der Waals surface area contributed by atoms with Crippen LogP contribution in [0.4, 0.5) is 5.13 Å². The van der Waals surface area contributed by atoms with Gasteiger partial charge in [0.1, 0.15) is 0 Å². The van der Waals surface area contributed by atoms with Gasteiger partial charge in [-0.1, -0.05) is 32.1 Å². The topological polar surface area (TPSA) is 52.6 Å². The largest absolute Gasteiger partial charge is 0.354 e. The molecule has 2 unspecified atom stereocenters. The van der Waals surface area contributed by atoms with Crippen molar-refractivity contribution in [2.45, 2.75) is 51.1 Å². The zero-order valence-corrected chi connectivity index (χ0v) is 15.3. The maximum Gasteiger partial charge on any atom is 0.191 e. The van der Waals surface area contributed by atoms with E-state index in [1.165, 1.54) is 38.5 Å². The second-order valence-corrected chi connectivity index (χ2v) is 7.83. The molecule has 0 aromatic carbocycles. The smallest absolute Gasteiger partial charge is 0.191 e. The number of guanidine groups is 1. The van der Waals surface area contributed by atoms with Crippen molar-refractivity contribution in [2.75, 3.05) is 26.0 Å². The van der Waals surface area contributed by atoms with E-state index >= 15 is 0 Å². The van der Waals surface area contributed by atoms with Crippen molar-refractivity contribution in [3.63, 3.8) is 0 Å². The lowest BCUT2D eigenvalue weighted by Gasteiger charge is -2.22. The first-order valence-corrected chi connectivity index (χ1v) is 9.64. The minimum atomic E-state index is 0.622. The van der Waals surface area contributed by atoms with Crippen LogP contribution in [0.5, 0.6) is 0 Å². The lowest BCUT2D eigenvalue weighted by Crippen LogP contribution is -2.39. The van der Waals surface area contributed by atoms with Crippen molar-refractivity contribution >= 4 is 22.4 Å². The number of rotatable bonds is 5. The zero-order valence-electron chi connectivity index (χ0n) is 14.5. The summed E-state index contributed by atoms with van der Waals surface area (Å²) in [5.74, 6) is 2.72. The normalized spacial score (nSPS) is 25.3. The Kier molecular flexibility index (Phi) is 5.41. The highest BCUT2D eigenvalue weighted by Gasteiger charge is 2.43. The Balaban J connectivity index is 1.43. The summed E-state index contributed by atoms with van der Waals surface area (Å²) in [6.07, 6.45) is 8.47. The standard InChI is InChI=1S/C17H29N5S/c1-18-16(19-10-13-11-23-17(20-13)22(2)3)21-15-9-14(15)12-7-5-4-6-8-12/h11-12,14-15H,4-10H2,1-3H3,(H2,18,19,21). The van der Waals surface area contributed by atoms with Crippen molar-refractivity contribution < 1.29 is 0 Å². The maximum atomic E-state index is 4.60. The molecule has 1 aromatic rings. The van der Waals surface area contributed by atoms with Crippen molar-refractivity contribution in [3.05, 3.63) is 11.1 Å². The molecule has 0 radical (unpaired) electrons. The summed E-state index contributed by atoms with van der Waals surface area (Å²) in [5.41, 5.74) is 1.07. The number of aromatic nitrogens is 1. The minimum Gasteiger partial charge on any atom is -0.354 e. The van der Waals surface area contributed by atoms with E-state index in [2.05, 4.69) is 26.0 Å². The molecular formula is C17H29N5S. The van der Waals surface area contributed by atoms with Gasteiger partial charge in [0.15, 0.2) is 11.1 Å². The van der Waals surface area contributed by atoms with E-state index in [0.29, 0.717) is 6.04 Å². The Morgan fingerprint density at radius 2 is 2.13 bits per heavy atom. The second kappa shape index (κ2) is 7.51. The fourth-order valence-electron chi connectivity index (χ4n) is 3.59. The van der Waals surface area contributed by atoms with Crippen LogP contribution in [0.1, 0.15) is 44.2 Å². The average molecular weight is 336 g/mol. The molecular weight excluding hydrogens is 306 g/mol. The molecule has 0 amide bonds. The Morgan fingerprint density at radius 1 is 1.35 bits per heavy atom. The Hall–Kier alpha value is -1.30. The lowest BCUT2D eigenvalue weighted by atomic mass is 9.85. The van der Waals surface area contributed by atoms with Crippen LogP contribution in [-0.2, 0) is 6.54 Å². The van der Waals surface area contributed by atoms with Gasteiger partial charge in [-0.15, -0.1) is 11.3 Å². The fraction of sp³-hybridized carbons (Fsp3) is 0.765. The molecule has 2 atom stereocenters. The molecule has 2 aliphatic carbocycles. The molecule has 1 heterocycles. The lowest BCUT2D eigenvalue weighted by molar-refractivity contribution is 0.315. The average Bonchev–Trinajstić information content (AvgIpc) is 3.17. The summed E-state index contributed by atoms with van der Waals surface area (Å²) in [6.45, 7) is 0.727. The SMILES string of the molecule is CN=C(NCc1csc(N(C)C)n1)NC1CC1C1CCCCC1. The molecule has 3 rings (SSSR count). The van der Waals surface area contributed by atoms with E-state index in [-0.39, 0.29) is 0 Å². The van der Waals surface area contributed by atoms with Gasteiger partial charge in [0.05, 0.1) is 12.2 Å². The quantitative estimate of drug-likeness (QED) is 0.642. The zero-order chi connectivity index (χ0) is 16.2. The molecule has 0 saturated heterocycles. The number of nitrogens with zero attached hydrogens (tertiary/aromatic N) is 3. The highest BCUT2D eigenvalue weighted by Crippen LogP contribution is 2.44. The van der Waals surface area contributed by atoms with Crippen molar-refractivity contribution in [1.82, 2.24) is 15.6 Å². The summed E-state index contributed by atoms with van der Waals surface area (Å²) in [5, 5.41) is 10.1. The Labute approximate surface area is 143 Å². The van der Waals surface area contributed by atoms with Gasteiger partial charge in [0, 0.05) is 32.6 Å². The van der Waals surface area contributed by atoms with Gasteiger partial charge in [-0.05, 0) is 18.3 Å². The molecule has 1 aromatic heterocycles. The summed E-state index contributed by atoms with van der Waals surface area (Å²) in [7, 11) is 5.89. The Bertz CT molecular complexity index is 533. The number of hydrogen-bond donors (Lipinski definition) is 2. The third-order valence-electron chi connectivity index (χ3n) is 5.00. The predicted molar refractivity (Wildman–Crippen MR) is 98.2 cm³/mol. The van der Waals surface area contributed by atoms with Crippen LogP contribution >= 0.6 is 11.3 Å². The molecule has 0 bridgehead atoms. The van der Waals surface area contributed by atoms with Gasteiger partial charge >= 0.3 is 0 Å². The van der Waals surface area contributed by atoms with Crippen LogP contribution < -0.4 is 15.5 Å². The van der Waals surface area contributed by atoms with Gasteiger partial charge in [0.25, 0.3) is 0 Å². The van der Waals surface area contributed by atoms with E-state index < -0.39 is 0 Å². The highest BCUT2D eigenvalue weighted by molar-refractivity contribution is 7.13. The van der Waals surface area contributed by atoms with E-state index in [0.717, 1.165) is 35.2 Å². The molecule has 6 heteroatoms. The summed E-state index contributed by atoms with van der Waals surface area (Å²) in [4.78, 5) is 11.0. The first kappa shape index (κ1) is 16.6. The van der Waals surface area contributed by atoms with Crippen molar-refractivity contribution in [3.8, 4) is 0 Å². The van der Waals surface area contributed by atoms with E-state index in [1.54, 1.807) is 11.3 Å². The molecule has 2 fully saturated rings. The van der Waals surface area contributed by atoms with E-state index in [4.69, 9.17) is 0 Å². The van der Waals surface area contributed by atoms with Crippen LogP contribution in [0, 0.1) is 11.8 Å². The number of anilines is 1.